The Hall–Kier alpha value is -2.94. The monoisotopic (exact) mass is 412 g/mol. The fourth-order valence-electron chi connectivity index (χ4n) is 3.47. The van der Waals surface area contributed by atoms with Crippen LogP contribution in [0.1, 0.15) is 36.3 Å². The van der Waals surface area contributed by atoms with E-state index in [0.717, 1.165) is 29.1 Å². The first kappa shape index (κ1) is 19.4. The van der Waals surface area contributed by atoms with Crippen LogP contribution in [0, 0.1) is 5.82 Å². The molecule has 0 aliphatic heterocycles. The number of carbonyl (C=O) groups excluding carboxylic acids is 1. The van der Waals surface area contributed by atoms with Crippen LogP contribution in [0.3, 0.4) is 0 Å². The van der Waals surface area contributed by atoms with Gasteiger partial charge in [0.15, 0.2) is 0 Å². The molecule has 3 aromatic rings. The maximum Gasteiger partial charge on any atom is 0.217 e. The number of anilines is 1. The van der Waals surface area contributed by atoms with Crippen molar-refractivity contribution >= 4 is 23.1 Å². The summed E-state index contributed by atoms with van der Waals surface area (Å²) in [5.74, 6) is 0.0400. The highest BCUT2D eigenvalue weighted by Gasteiger charge is 2.41. The molecule has 0 saturated heterocycles. The lowest BCUT2D eigenvalue weighted by molar-refractivity contribution is -0.117. The molecule has 1 saturated carbocycles. The zero-order chi connectivity index (χ0) is 20.3. The average Bonchev–Trinajstić information content (AvgIpc) is 3.16. The van der Waals surface area contributed by atoms with Gasteiger partial charge in [-0.2, -0.15) is 0 Å². The van der Waals surface area contributed by atoms with Gasteiger partial charge in [0, 0.05) is 35.7 Å². The van der Waals surface area contributed by atoms with Crippen LogP contribution in [0.4, 0.5) is 10.2 Å². The molecule has 0 unspecified atom stereocenters. The summed E-state index contributed by atoms with van der Waals surface area (Å²) in [6, 6.07) is 6.76. The van der Waals surface area contributed by atoms with E-state index in [1.807, 2.05) is 12.1 Å². The second-order valence-electron chi connectivity index (χ2n) is 7.22. The number of pyridine rings is 1. The zero-order valence-corrected chi connectivity index (χ0v) is 16.6. The van der Waals surface area contributed by atoms with Gasteiger partial charge in [-0.05, 0) is 43.5 Å². The lowest BCUT2D eigenvalue weighted by atomic mass is 9.66. The Morgan fingerprint density at radius 3 is 2.76 bits per heavy atom. The van der Waals surface area contributed by atoms with Gasteiger partial charge >= 0.3 is 0 Å². The number of nitrogens with two attached hydrogens (primary N) is 1. The molecule has 4 rings (SSSR count). The first-order valence-electron chi connectivity index (χ1n) is 9.48. The van der Waals surface area contributed by atoms with Crippen LogP contribution in [0.5, 0.6) is 0 Å². The summed E-state index contributed by atoms with van der Waals surface area (Å²) in [5, 5.41) is 12.5. The Balaban J connectivity index is 1.41. The maximum atomic E-state index is 14.2. The molecular formula is C20H21FN6OS. The van der Waals surface area contributed by atoms with E-state index < -0.39 is 0 Å². The van der Waals surface area contributed by atoms with Crippen molar-refractivity contribution in [3.05, 3.63) is 53.0 Å². The summed E-state index contributed by atoms with van der Waals surface area (Å²) in [4.78, 5) is 20.5. The predicted octanol–water partition coefficient (Wildman–Crippen LogP) is 3.09. The van der Waals surface area contributed by atoms with Crippen molar-refractivity contribution in [3.8, 4) is 10.7 Å². The summed E-state index contributed by atoms with van der Waals surface area (Å²) in [6.45, 7) is 0.559. The lowest BCUT2D eigenvalue weighted by Crippen LogP contribution is -2.42. The molecule has 3 N–H and O–H groups in total. The van der Waals surface area contributed by atoms with Crippen LogP contribution in [0.15, 0.2) is 36.7 Å². The third-order valence-electron chi connectivity index (χ3n) is 5.23. The molecule has 1 amide bonds. The molecule has 0 spiro atoms. The van der Waals surface area contributed by atoms with E-state index in [4.69, 9.17) is 5.73 Å². The van der Waals surface area contributed by atoms with Gasteiger partial charge in [-0.1, -0.05) is 6.42 Å². The number of carbonyl (C=O) groups is 1. The number of amides is 1. The number of primary amides is 1. The lowest BCUT2D eigenvalue weighted by Gasteiger charge is -2.41. The number of rotatable bonds is 8. The summed E-state index contributed by atoms with van der Waals surface area (Å²) < 4.78 is 14.2. The average molecular weight is 412 g/mol. The van der Waals surface area contributed by atoms with Crippen LogP contribution < -0.4 is 11.1 Å². The molecule has 3 heterocycles. The molecule has 0 radical (unpaired) electrons. The van der Waals surface area contributed by atoms with E-state index in [1.165, 1.54) is 17.4 Å². The summed E-state index contributed by atoms with van der Waals surface area (Å²) in [7, 11) is 0. The predicted molar refractivity (Wildman–Crippen MR) is 109 cm³/mol. The SMILES string of the molecule is NC(=O)CCc1cnc(-c2ccc(NCC3(c4ncccc4F)CCC3)nn2)s1. The van der Waals surface area contributed by atoms with Crippen LogP contribution in [-0.4, -0.2) is 32.6 Å². The minimum absolute atomic E-state index is 0.258. The van der Waals surface area contributed by atoms with E-state index in [-0.39, 0.29) is 17.1 Å². The number of aryl methyl sites for hydroxylation is 1. The van der Waals surface area contributed by atoms with Crippen molar-refractivity contribution in [1.82, 2.24) is 20.2 Å². The van der Waals surface area contributed by atoms with Crippen molar-refractivity contribution < 1.29 is 9.18 Å². The van der Waals surface area contributed by atoms with Gasteiger partial charge in [-0.15, -0.1) is 21.5 Å². The number of hydrogen-bond acceptors (Lipinski definition) is 7. The fraction of sp³-hybridized carbons (Fsp3) is 0.350. The van der Waals surface area contributed by atoms with Gasteiger partial charge in [-0.25, -0.2) is 9.37 Å². The van der Waals surface area contributed by atoms with Crippen molar-refractivity contribution in [1.29, 1.82) is 0 Å². The summed E-state index contributed by atoms with van der Waals surface area (Å²) >= 11 is 1.47. The van der Waals surface area contributed by atoms with Crippen LogP contribution in [0.2, 0.25) is 0 Å². The van der Waals surface area contributed by atoms with Crippen molar-refractivity contribution in [3.63, 3.8) is 0 Å². The number of thiazole rings is 1. The number of nitrogens with one attached hydrogen (secondary N) is 1. The van der Waals surface area contributed by atoms with E-state index in [2.05, 4.69) is 25.5 Å². The highest BCUT2D eigenvalue weighted by Crippen LogP contribution is 2.43. The van der Waals surface area contributed by atoms with E-state index in [1.54, 1.807) is 18.5 Å². The zero-order valence-electron chi connectivity index (χ0n) is 15.8. The fourth-order valence-corrected chi connectivity index (χ4v) is 4.34. The Labute approximate surface area is 171 Å². The largest absolute Gasteiger partial charge is 0.370 e. The second kappa shape index (κ2) is 8.20. The molecule has 1 aliphatic rings. The Bertz CT molecular complexity index is 1000. The van der Waals surface area contributed by atoms with Gasteiger partial charge in [0.25, 0.3) is 0 Å². The summed E-state index contributed by atoms with van der Waals surface area (Å²) in [5.41, 5.74) is 6.08. The smallest absolute Gasteiger partial charge is 0.217 e. The highest BCUT2D eigenvalue weighted by atomic mass is 32.1. The molecule has 0 atom stereocenters. The van der Waals surface area contributed by atoms with Gasteiger partial charge in [0.05, 0.1) is 5.69 Å². The third kappa shape index (κ3) is 4.24. The molecule has 9 heteroatoms. The molecule has 29 heavy (non-hydrogen) atoms. The minimum atomic E-state index is -0.329. The molecular weight excluding hydrogens is 391 g/mol. The van der Waals surface area contributed by atoms with Crippen molar-refractivity contribution in [2.75, 3.05) is 11.9 Å². The molecule has 150 valence electrons. The number of nitrogens with zero attached hydrogens (tertiary/aromatic N) is 4. The van der Waals surface area contributed by atoms with Crippen LogP contribution in [0.25, 0.3) is 10.7 Å². The normalized spacial score (nSPS) is 14.9. The topological polar surface area (TPSA) is 107 Å². The first-order chi connectivity index (χ1) is 14.1. The molecule has 1 aliphatic carbocycles. The van der Waals surface area contributed by atoms with Crippen LogP contribution in [-0.2, 0) is 16.6 Å². The second-order valence-corrected chi connectivity index (χ2v) is 8.34. The molecule has 0 bridgehead atoms. The van der Waals surface area contributed by atoms with Crippen LogP contribution >= 0.6 is 11.3 Å². The third-order valence-corrected chi connectivity index (χ3v) is 6.31. The first-order valence-corrected chi connectivity index (χ1v) is 10.3. The molecule has 3 aromatic heterocycles. The minimum Gasteiger partial charge on any atom is -0.370 e. The maximum absolute atomic E-state index is 14.2. The Kier molecular flexibility index (Phi) is 5.48. The van der Waals surface area contributed by atoms with E-state index in [9.17, 15) is 9.18 Å². The van der Waals surface area contributed by atoms with Gasteiger partial charge < -0.3 is 11.1 Å². The van der Waals surface area contributed by atoms with Gasteiger partial charge in [-0.3, -0.25) is 9.78 Å². The number of hydrogen-bond donors (Lipinski definition) is 2. The quantitative estimate of drug-likeness (QED) is 0.589. The van der Waals surface area contributed by atoms with E-state index in [0.29, 0.717) is 36.6 Å². The Morgan fingerprint density at radius 1 is 1.24 bits per heavy atom. The molecule has 7 nitrogen and oxygen atoms in total. The van der Waals surface area contributed by atoms with Crippen molar-refractivity contribution in [2.24, 2.45) is 5.73 Å². The standard InChI is InChI=1S/C20H21FN6OS/c21-14-3-1-10-23-18(14)20(8-2-9-20)12-25-17-7-5-15(26-27-17)19-24-11-13(29-19)4-6-16(22)28/h1,3,5,7,10-11H,2,4,6,8-9,12H2,(H2,22,28)(H,25,27). The van der Waals surface area contributed by atoms with Crippen molar-refractivity contribution in [2.45, 2.75) is 37.5 Å². The summed E-state index contributed by atoms with van der Waals surface area (Å²) in [6.07, 6.45) is 7.10. The highest BCUT2D eigenvalue weighted by molar-refractivity contribution is 7.15. The number of halogens is 1. The Morgan fingerprint density at radius 2 is 2.10 bits per heavy atom. The van der Waals surface area contributed by atoms with Gasteiger partial charge in [0.1, 0.15) is 22.3 Å². The number of aromatic nitrogens is 4. The molecule has 1 fully saturated rings. The van der Waals surface area contributed by atoms with Gasteiger partial charge in [0.2, 0.25) is 5.91 Å². The van der Waals surface area contributed by atoms with E-state index >= 15 is 0 Å². The molecule has 0 aromatic carbocycles.